The fourth-order valence-electron chi connectivity index (χ4n) is 6.27. The Morgan fingerprint density at radius 2 is 1.82 bits per heavy atom. The van der Waals surface area contributed by atoms with Crippen LogP contribution in [0.25, 0.3) is 10.4 Å². The van der Waals surface area contributed by atoms with Gasteiger partial charge < -0.3 is 15.5 Å². The van der Waals surface area contributed by atoms with Crippen LogP contribution in [0.3, 0.4) is 0 Å². The number of nitrogens with zero attached hydrogens (tertiary/aromatic N) is 5. The van der Waals surface area contributed by atoms with Gasteiger partial charge in [0.15, 0.2) is 5.96 Å². The molecule has 2 heterocycles. The Kier molecular flexibility index (Phi) is 9.50. The van der Waals surface area contributed by atoms with Gasteiger partial charge in [0.25, 0.3) is 5.91 Å². The first-order chi connectivity index (χ1) is 18.4. The predicted molar refractivity (Wildman–Crippen MR) is 147 cm³/mol. The van der Waals surface area contributed by atoms with Crippen molar-refractivity contribution >= 4 is 17.9 Å². The van der Waals surface area contributed by atoms with E-state index in [0.717, 1.165) is 62.6 Å². The van der Waals surface area contributed by atoms with Crippen LogP contribution in [0.5, 0.6) is 0 Å². The standard InChI is InChI=1S/C28H42N8O2/c1-2-8-24-20-35(27(38)32-24)18-22-11-13-23(14-12-22)19-36-25(37)28(33-26(36)29,15-6-7-16-31-34-30)17-21-9-4-3-5-10-21/h11-14,21,24H,2-10,15-20H2,1H3,(H2,29,33)(H,32,38)/t24-,28?/m0/s1. The number of nitrogens with one attached hydrogen (secondary N) is 3. The molecule has 10 nitrogen and oxygen atoms in total. The Bertz CT molecular complexity index is 1030. The van der Waals surface area contributed by atoms with Gasteiger partial charge in [0.05, 0.1) is 6.54 Å². The van der Waals surface area contributed by atoms with Gasteiger partial charge in [-0.2, -0.15) is 0 Å². The molecule has 4 rings (SSSR count). The van der Waals surface area contributed by atoms with Gasteiger partial charge in [-0.1, -0.05) is 81.2 Å². The van der Waals surface area contributed by atoms with E-state index in [1.165, 1.54) is 19.3 Å². The minimum absolute atomic E-state index is 0.0107. The molecule has 1 saturated carbocycles. The van der Waals surface area contributed by atoms with Crippen molar-refractivity contribution in [3.8, 4) is 0 Å². The number of amides is 3. The van der Waals surface area contributed by atoms with E-state index in [1.54, 1.807) is 4.90 Å². The number of guanidine groups is 1. The SMILES string of the molecule is CCC[C@H]1CN(Cc2ccc(CN3C(=N)NC(CCCCN=[N+]=[N-])(CC4CCCCC4)C3=O)cc2)C(=O)N1. The highest BCUT2D eigenvalue weighted by Crippen LogP contribution is 2.36. The van der Waals surface area contributed by atoms with Crippen LogP contribution in [-0.2, 0) is 17.9 Å². The third-order valence-corrected chi connectivity index (χ3v) is 8.25. The maximum Gasteiger partial charge on any atom is 0.318 e. The fourth-order valence-corrected chi connectivity index (χ4v) is 6.27. The van der Waals surface area contributed by atoms with Crippen LogP contribution < -0.4 is 10.6 Å². The van der Waals surface area contributed by atoms with Gasteiger partial charge in [0.2, 0.25) is 0 Å². The lowest BCUT2D eigenvalue weighted by Crippen LogP contribution is -2.48. The van der Waals surface area contributed by atoms with E-state index in [-0.39, 0.29) is 23.9 Å². The van der Waals surface area contributed by atoms with Crippen LogP contribution in [-0.4, -0.2) is 52.4 Å². The summed E-state index contributed by atoms with van der Waals surface area (Å²) in [6.07, 6.45) is 10.9. The Labute approximate surface area is 225 Å². The summed E-state index contributed by atoms with van der Waals surface area (Å²) in [4.78, 5) is 32.4. The van der Waals surface area contributed by atoms with Gasteiger partial charge in [-0.25, -0.2) is 4.79 Å². The number of rotatable bonds is 13. The monoisotopic (exact) mass is 522 g/mol. The second-order valence-corrected chi connectivity index (χ2v) is 11.2. The number of hydrogen-bond acceptors (Lipinski definition) is 4. The van der Waals surface area contributed by atoms with E-state index in [1.807, 2.05) is 29.2 Å². The number of carbonyl (C=O) groups excluding carboxylic acids is 2. The molecule has 3 N–H and O–H groups in total. The third-order valence-electron chi connectivity index (χ3n) is 8.25. The summed E-state index contributed by atoms with van der Waals surface area (Å²) in [7, 11) is 0. The van der Waals surface area contributed by atoms with Gasteiger partial charge in [-0.3, -0.25) is 15.1 Å². The van der Waals surface area contributed by atoms with E-state index in [9.17, 15) is 9.59 Å². The zero-order chi connectivity index (χ0) is 27.0. The van der Waals surface area contributed by atoms with E-state index in [0.29, 0.717) is 32.0 Å². The Balaban J connectivity index is 1.39. The minimum atomic E-state index is -0.756. The highest BCUT2D eigenvalue weighted by molar-refractivity contribution is 6.07. The van der Waals surface area contributed by atoms with Crippen molar-refractivity contribution in [3.63, 3.8) is 0 Å². The second kappa shape index (κ2) is 13.0. The summed E-state index contributed by atoms with van der Waals surface area (Å²) < 4.78 is 0. The molecule has 1 unspecified atom stereocenters. The lowest BCUT2D eigenvalue weighted by Gasteiger charge is -2.33. The van der Waals surface area contributed by atoms with E-state index < -0.39 is 5.54 Å². The number of hydrogen-bond donors (Lipinski definition) is 3. The van der Waals surface area contributed by atoms with Crippen LogP contribution in [0, 0.1) is 11.3 Å². The predicted octanol–water partition coefficient (Wildman–Crippen LogP) is 5.44. The van der Waals surface area contributed by atoms with Gasteiger partial charge in [-0.15, -0.1) is 0 Å². The van der Waals surface area contributed by atoms with Gasteiger partial charge in [0.1, 0.15) is 5.54 Å². The third kappa shape index (κ3) is 6.78. The molecule has 1 aliphatic carbocycles. The largest absolute Gasteiger partial charge is 0.342 e. The lowest BCUT2D eigenvalue weighted by molar-refractivity contribution is -0.132. The minimum Gasteiger partial charge on any atom is -0.342 e. The first-order valence-electron chi connectivity index (χ1n) is 14.3. The number of unbranched alkanes of at least 4 members (excludes halogenated alkanes) is 1. The van der Waals surface area contributed by atoms with Crippen molar-refractivity contribution in [3.05, 3.63) is 45.8 Å². The number of benzene rings is 1. The molecule has 2 saturated heterocycles. The van der Waals surface area contributed by atoms with Crippen molar-refractivity contribution in [2.24, 2.45) is 11.0 Å². The molecule has 3 fully saturated rings. The van der Waals surface area contributed by atoms with Crippen molar-refractivity contribution in [2.45, 2.75) is 102 Å². The molecule has 0 spiro atoms. The molecule has 3 aliphatic rings. The highest BCUT2D eigenvalue weighted by atomic mass is 16.2. The summed E-state index contributed by atoms with van der Waals surface area (Å²) in [5.41, 5.74) is 9.81. The van der Waals surface area contributed by atoms with Crippen LogP contribution in [0.15, 0.2) is 29.4 Å². The van der Waals surface area contributed by atoms with Gasteiger partial charge in [-0.05, 0) is 48.3 Å². The normalized spacial score (nSPS) is 23.9. The molecule has 206 valence electrons. The molecule has 3 amide bonds. The lowest BCUT2D eigenvalue weighted by atomic mass is 9.77. The van der Waals surface area contributed by atoms with Gasteiger partial charge in [0, 0.05) is 30.6 Å². The van der Waals surface area contributed by atoms with Crippen molar-refractivity contribution in [1.82, 2.24) is 20.4 Å². The molecular weight excluding hydrogens is 480 g/mol. The summed E-state index contributed by atoms with van der Waals surface area (Å²) in [6, 6.07) is 8.22. The van der Waals surface area contributed by atoms with E-state index >= 15 is 0 Å². The molecule has 1 aromatic rings. The van der Waals surface area contributed by atoms with Crippen molar-refractivity contribution in [1.29, 1.82) is 5.41 Å². The summed E-state index contributed by atoms with van der Waals surface area (Å²) in [6.45, 7) is 4.19. The maximum atomic E-state index is 13.8. The smallest absolute Gasteiger partial charge is 0.318 e. The van der Waals surface area contributed by atoms with Crippen LogP contribution in [0.1, 0.15) is 88.7 Å². The first kappa shape index (κ1) is 27.8. The topological polar surface area (TPSA) is 137 Å². The zero-order valence-corrected chi connectivity index (χ0v) is 22.6. The summed E-state index contributed by atoms with van der Waals surface area (Å²) in [5, 5.41) is 18.6. The molecule has 10 heteroatoms. The fraction of sp³-hybridized carbons (Fsp3) is 0.679. The summed E-state index contributed by atoms with van der Waals surface area (Å²) in [5.74, 6) is 0.640. The number of carbonyl (C=O) groups is 2. The molecular formula is C28H42N8O2. The Morgan fingerprint density at radius 3 is 2.50 bits per heavy atom. The Morgan fingerprint density at radius 1 is 1.11 bits per heavy atom. The molecule has 1 aromatic carbocycles. The second-order valence-electron chi connectivity index (χ2n) is 11.2. The van der Waals surface area contributed by atoms with Crippen LogP contribution in [0.4, 0.5) is 4.79 Å². The van der Waals surface area contributed by atoms with Crippen LogP contribution >= 0.6 is 0 Å². The van der Waals surface area contributed by atoms with E-state index in [2.05, 4.69) is 27.6 Å². The average molecular weight is 523 g/mol. The Hall–Kier alpha value is -3.26. The molecule has 38 heavy (non-hydrogen) atoms. The molecule has 2 aliphatic heterocycles. The molecule has 2 atom stereocenters. The highest BCUT2D eigenvalue weighted by Gasteiger charge is 2.49. The van der Waals surface area contributed by atoms with E-state index in [4.69, 9.17) is 10.9 Å². The average Bonchev–Trinajstić information content (AvgIpc) is 3.36. The van der Waals surface area contributed by atoms with Crippen molar-refractivity contribution < 1.29 is 9.59 Å². The summed E-state index contributed by atoms with van der Waals surface area (Å²) >= 11 is 0. The molecule has 0 bridgehead atoms. The first-order valence-corrected chi connectivity index (χ1v) is 14.3. The molecule has 0 radical (unpaired) electrons. The quantitative estimate of drug-likeness (QED) is 0.138. The zero-order valence-electron chi connectivity index (χ0n) is 22.6. The van der Waals surface area contributed by atoms with Crippen molar-refractivity contribution in [2.75, 3.05) is 13.1 Å². The number of azide groups is 1. The number of urea groups is 1. The molecule has 0 aromatic heterocycles. The van der Waals surface area contributed by atoms with Gasteiger partial charge >= 0.3 is 6.03 Å². The van der Waals surface area contributed by atoms with Crippen LogP contribution in [0.2, 0.25) is 0 Å². The maximum absolute atomic E-state index is 13.8.